The first kappa shape index (κ1) is 13.5. The third-order valence-corrected chi connectivity index (χ3v) is 2.63. The van der Waals surface area contributed by atoms with Crippen molar-refractivity contribution in [3.05, 3.63) is 63.7 Å². The third-order valence-electron chi connectivity index (χ3n) is 2.63. The van der Waals surface area contributed by atoms with E-state index in [4.69, 9.17) is 0 Å². The molecule has 6 nitrogen and oxygen atoms in total. The molecule has 0 heterocycles. The van der Waals surface area contributed by atoms with Crippen LogP contribution in [0.15, 0.2) is 47.6 Å². The highest BCUT2D eigenvalue weighted by Gasteiger charge is 2.16. The van der Waals surface area contributed by atoms with Crippen molar-refractivity contribution in [2.45, 2.75) is 6.92 Å². The van der Waals surface area contributed by atoms with Crippen LogP contribution in [0.3, 0.4) is 0 Å². The molecular weight excluding hydrogens is 258 g/mol. The van der Waals surface area contributed by atoms with Crippen LogP contribution in [0.1, 0.15) is 11.1 Å². The molecule has 2 N–H and O–H groups in total. The number of hydrogen-bond donors (Lipinski definition) is 2. The molecule has 0 aromatic heterocycles. The van der Waals surface area contributed by atoms with E-state index in [1.54, 1.807) is 13.0 Å². The first-order valence-corrected chi connectivity index (χ1v) is 5.90. The van der Waals surface area contributed by atoms with Crippen molar-refractivity contribution in [3.8, 4) is 5.75 Å². The van der Waals surface area contributed by atoms with Gasteiger partial charge in [-0.15, -0.1) is 0 Å². The van der Waals surface area contributed by atoms with Crippen LogP contribution in [-0.4, -0.2) is 16.2 Å². The molecule has 0 aliphatic rings. The first-order chi connectivity index (χ1) is 9.58. The van der Waals surface area contributed by atoms with Crippen molar-refractivity contribution in [3.63, 3.8) is 0 Å². The Kier molecular flexibility index (Phi) is 3.95. The van der Waals surface area contributed by atoms with Crippen LogP contribution in [0.5, 0.6) is 5.75 Å². The summed E-state index contributed by atoms with van der Waals surface area (Å²) >= 11 is 0. The number of hydrogen-bond acceptors (Lipinski definition) is 5. The number of nitro groups is 1. The fraction of sp³-hybridized carbons (Fsp3) is 0.0714. The number of nitrogens with zero attached hydrogens (tertiary/aromatic N) is 2. The number of nitro benzene ring substituents is 1. The van der Waals surface area contributed by atoms with Gasteiger partial charge in [0.05, 0.1) is 16.8 Å². The van der Waals surface area contributed by atoms with Gasteiger partial charge in [0.25, 0.3) is 0 Å². The molecule has 20 heavy (non-hydrogen) atoms. The van der Waals surface area contributed by atoms with E-state index in [-0.39, 0.29) is 11.4 Å². The van der Waals surface area contributed by atoms with E-state index in [2.05, 4.69) is 10.5 Å². The number of aryl methyl sites for hydroxylation is 1. The maximum Gasteiger partial charge on any atom is 0.311 e. The molecule has 2 rings (SSSR count). The zero-order valence-electron chi connectivity index (χ0n) is 10.8. The second-order valence-electron chi connectivity index (χ2n) is 4.22. The summed E-state index contributed by atoms with van der Waals surface area (Å²) in [6.07, 6.45) is 1.35. The van der Waals surface area contributed by atoms with Gasteiger partial charge in [-0.1, -0.05) is 18.2 Å². The molecule has 2 aromatic rings. The Labute approximate surface area is 115 Å². The molecule has 0 spiro atoms. The van der Waals surface area contributed by atoms with Gasteiger partial charge in [0, 0.05) is 11.6 Å². The van der Waals surface area contributed by atoms with Gasteiger partial charge in [0.1, 0.15) is 0 Å². The molecule has 0 radical (unpaired) electrons. The lowest BCUT2D eigenvalue weighted by Crippen LogP contribution is -1.95. The third kappa shape index (κ3) is 3.11. The van der Waals surface area contributed by atoms with E-state index in [1.165, 1.54) is 12.3 Å². The average molecular weight is 271 g/mol. The van der Waals surface area contributed by atoms with Crippen molar-refractivity contribution >= 4 is 17.6 Å². The van der Waals surface area contributed by atoms with Crippen LogP contribution >= 0.6 is 0 Å². The summed E-state index contributed by atoms with van der Waals surface area (Å²) < 4.78 is 0. The molecule has 102 valence electrons. The standard InChI is InChI=1S/C14H13N3O3/c1-10-7-11(14(18)13(8-10)17(19)20)9-15-16-12-5-3-2-4-6-12/h2-9,16,18H,1H3. The number of para-hydroxylation sites is 1. The topological polar surface area (TPSA) is 87.8 Å². The van der Waals surface area contributed by atoms with E-state index in [1.807, 2.05) is 30.3 Å². The van der Waals surface area contributed by atoms with E-state index in [0.29, 0.717) is 11.1 Å². The van der Waals surface area contributed by atoms with Crippen LogP contribution in [0.2, 0.25) is 0 Å². The van der Waals surface area contributed by atoms with Gasteiger partial charge in [-0.05, 0) is 30.7 Å². The summed E-state index contributed by atoms with van der Waals surface area (Å²) in [5, 5.41) is 24.6. The van der Waals surface area contributed by atoms with Crippen molar-refractivity contribution in [2.24, 2.45) is 5.10 Å². The summed E-state index contributed by atoms with van der Waals surface area (Å²) in [6, 6.07) is 12.2. The predicted molar refractivity (Wildman–Crippen MR) is 77.2 cm³/mol. The Balaban J connectivity index is 2.23. The molecule has 0 amide bonds. The molecule has 0 aliphatic heterocycles. The number of hydrazone groups is 1. The summed E-state index contributed by atoms with van der Waals surface area (Å²) in [5.41, 5.74) is 4.20. The molecule has 0 unspecified atom stereocenters. The largest absolute Gasteiger partial charge is 0.502 e. The Morgan fingerprint density at radius 1 is 1.30 bits per heavy atom. The predicted octanol–water partition coefficient (Wildman–Crippen LogP) is 3.05. The van der Waals surface area contributed by atoms with E-state index in [9.17, 15) is 15.2 Å². The summed E-state index contributed by atoms with van der Waals surface area (Å²) in [4.78, 5) is 10.2. The number of anilines is 1. The average Bonchev–Trinajstić information content (AvgIpc) is 2.43. The lowest BCUT2D eigenvalue weighted by atomic mass is 10.1. The Morgan fingerprint density at radius 3 is 2.65 bits per heavy atom. The van der Waals surface area contributed by atoms with Crippen LogP contribution in [-0.2, 0) is 0 Å². The lowest BCUT2D eigenvalue weighted by Gasteiger charge is -2.03. The lowest BCUT2D eigenvalue weighted by molar-refractivity contribution is -0.385. The van der Waals surface area contributed by atoms with Crippen molar-refractivity contribution in [1.82, 2.24) is 0 Å². The highest BCUT2D eigenvalue weighted by Crippen LogP contribution is 2.30. The van der Waals surface area contributed by atoms with Gasteiger partial charge in [-0.3, -0.25) is 15.5 Å². The zero-order chi connectivity index (χ0) is 14.5. The summed E-state index contributed by atoms with van der Waals surface area (Å²) in [7, 11) is 0. The van der Waals surface area contributed by atoms with Crippen LogP contribution in [0.4, 0.5) is 11.4 Å². The molecule has 0 aliphatic carbocycles. The summed E-state index contributed by atoms with van der Waals surface area (Å²) in [6.45, 7) is 1.72. The second kappa shape index (κ2) is 5.83. The van der Waals surface area contributed by atoms with Crippen molar-refractivity contribution in [2.75, 3.05) is 5.43 Å². The number of phenolic OH excluding ortho intramolecular Hbond substituents is 1. The maximum absolute atomic E-state index is 10.8. The smallest absolute Gasteiger partial charge is 0.311 e. The van der Waals surface area contributed by atoms with Crippen LogP contribution in [0.25, 0.3) is 0 Å². The molecule has 0 bridgehead atoms. The minimum absolute atomic E-state index is 0.292. The molecule has 6 heteroatoms. The van der Waals surface area contributed by atoms with Crippen molar-refractivity contribution < 1.29 is 10.0 Å². The number of benzene rings is 2. The summed E-state index contributed by atoms with van der Waals surface area (Å²) in [5.74, 6) is -0.390. The fourth-order valence-corrected chi connectivity index (χ4v) is 1.71. The molecular formula is C14H13N3O3. The SMILES string of the molecule is Cc1cc(C=NNc2ccccc2)c(O)c([N+](=O)[O-])c1. The van der Waals surface area contributed by atoms with Gasteiger partial charge in [-0.2, -0.15) is 5.10 Å². The number of aromatic hydroxyl groups is 1. The van der Waals surface area contributed by atoms with Gasteiger partial charge in [0.15, 0.2) is 0 Å². The first-order valence-electron chi connectivity index (χ1n) is 5.90. The van der Waals surface area contributed by atoms with Gasteiger partial charge in [0.2, 0.25) is 5.75 Å². The van der Waals surface area contributed by atoms with Gasteiger partial charge in [-0.25, -0.2) is 0 Å². The molecule has 2 aromatic carbocycles. The number of nitrogens with one attached hydrogen (secondary N) is 1. The van der Waals surface area contributed by atoms with E-state index < -0.39 is 4.92 Å². The van der Waals surface area contributed by atoms with Gasteiger partial charge < -0.3 is 5.11 Å². The zero-order valence-corrected chi connectivity index (χ0v) is 10.8. The second-order valence-corrected chi connectivity index (χ2v) is 4.22. The molecule has 0 saturated carbocycles. The number of phenols is 1. The van der Waals surface area contributed by atoms with Crippen molar-refractivity contribution in [1.29, 1.82) is 0 Å². The number of rotatable bonds is 4. The minimum atomic E-state index is -0.621. The minimum Gasteiger partial charge on any atom is -0.502 e. The molecule has 0 saturated heterocycles. The highest BCUT2D eigenvalue weighted by molar-refractivity contribution is 5.86. The Bertz CT molecular complexity index is 654. The quantitative estimate of drug-likeness (QED) is 0.508. The van der Waals surface area contributed by atoms with Gasteiger partial charge >= 0.3 is 5.69 Å². The Morgan fingerprint density at radius 2 is 2.00 bits per heavy atom. The van der Waals surface area contributed by atoms with E-state index >= 15 is 0 Å². The van der Waals surface area contributed by atoms with Crippen LogP contribution < -0.4 is 5.43 Å². The molecule has 0 fully saturated rings. The molecule has 0 atom stereocenters. The highest BCUT2D eigenvalue weighted by atomic mass is 16.6. The van der Waals surface area contributed by atoms with Crippen LogP contribution in [0, 0.1) is 17.0 Å². The maximum atomic E-state index is 10.8. The monoisotopic (exact) mass is 271 g/mol. The Hall–Kier alpha value is -2.89. The normalized spacial score (nSPS) is 10.7. The fourth-order valence-electron chi connectivity index (χ4n) is 1.71. The van der Waals surface area contributed by atoms with E-state index in [0.717, 1.165) is 5.69 Å².